The summed E-state index contributed by atoms with van der Waals surface area (Å²) in [5.74, 6) is 1.34. The number of fused-ring (bicyclic) bond motifs is 2. The van der Waals surface area contributed by atoms with Crippen LogP contribution in [0.15, 0.2) is 48.7 Å². The predicted octanol–water partition coefficient (Wildman–Crippen LogP) is 2.80. The van der Waals surface area contributed by atoms with E-state index in [-0.39, 0.29) is 11.8 Å². The largest absolute Gasteiger partial charge is 0.493 e. The second-order valence-corrected chi connectivity index (χ2v) is 6.73. The Kier molecular flexibility index (Phi) is 4.96. The van der Waals surface area contributed by atoms with E-state index < -0.39 is 0 Å². The molecule has 0 unspecified atom stereocenters. The maximum atomic E-state index is 12.5. The average Bonchev–Trinajstić information content (AvgIpc) is 3.13. The van der Waals surface area contributed by atoms with Crippen molar-refractivity contribution in [3.63, 3.8) is 0 Å². The van der Waals surface area contributed by atoms with E-state index in [1.807, 2.05) is 41.2 Å². The number of amides is 1. The molecule has 0 bridgehead atoms. The van der Waals surface area contributed by atoms with Crippen molar-refractivity contribution in [2.45, 2.75) is 19.4 Å². The highest BCUT2D eigenvalue weighted by molar-refractivity contribution is 5.80. The molecule has 1 N–H and O–H groups in total. The Labute approximate surface area is 158 Å². The third kappa shape index (κ3) is 3.60. The van der Waals surface area contributed by atoms with E-state index >= 15 is 0 Å². The minimum absolute atomic E-state index is 0.0359. The lowest BCUT2D eigenvalue weighted by molar-refractivity contribution is -0.126. The number of aryl methyl sites for hydroxylation is 1. The number of para-hydroxylation sites is 2. The first kappa shape index (κ1) is 17.4. The second kappa shape index (κ2) is 7.70. The smallest absolute Gasteiger partial charge is 0.226 e. The van der Waals surface area contributed by atoms with Crippen molar-refractivity contribution in [1.29, 1.82) is 0 Å². The lowest BCUT2D eigenvalue weighted by Gasteiger charge is -2.25. The van der Waals surface area contributed by atoms with Gasteiger partial charge in [-0.3, -0.25) is 9.48 Å². The normalized spacial score (nSPS) is 15.8. The molecule has 4 rings (SSSR count). The highest BCUT2D eigenvalue weighted by atomic mass is 16.5. The number of benzene rings is 2. The minimum Gasteiger partial charge on any atom is -0.493 e. The van der Waals surface area contributed by atoms with Crippen LogP contribution in [0.25, 0.3) is 10.9 Å². The zero-order valence-corrected chi connectivity index (χ0v) is 15.4. The average molecular weight is 365 g/mol. The lowest BCUT2D eigenvalue weighted by atomic mass is 9.95. The Morgan fingerprint density at radius 3 is 3.07 bits per heavy atom. The predicted molar refractivity (Wildman–Crippen MR) is 103 cm³/mol. The van der Waals surface area contributed by atoms with Crippen LogP contribution < -0.4 is 14.8 Å². The quantitative estimate of drug-likeness (QED) is 0.682. The number of ether oxygens (including phenoxy) is 2. The molecular weight excluding hydrogens is 342 g/mol. The van der Waals surface area contributed by atoms with E-state index in [0.29, 0.717) is 19.6 Å². The van der Waals surface area contributed by atoms with Crippen LogP contribution in [0.1, 0.15) is 12.0 Å². The van der Waals surface area contributed by atoms with Gasteiger partial charge in [-0.2, -0.15) is 5.10 Å². The molecule has 1 aliphatic rings. The van der Waals surface area contributed by atoms with Gasteiger partial charge in [-0.25, -0.2) is 0 Å². The van der Waals surface area contributed by atoms with Crippen molar-refractivity contribution in [1.82, 2.24) is 15.1 Å². The molecule has 1 aliphatic heterocycles. The fourth-order valence-corrected chi connectivity index (χ4v) is 3.51. The Hall–Kier alpha value is -3.02. The first-order valence-electron chi connectivity index (χ1n) is 9.23. The molecule has 0 spiro atoms. The number of nitrogens with zero attached hydrogens (tertiary/aromatic N) is 2. The number of carbonyl (C=O) groups is 1. The third-order valence-electron chi connectivity index (χ3n) is 4.94. The molecule has 27 heavy (non-hydrogen) atoms. The van der Waals surface area contributed by atoms with Crippen molar-refractivity contribution in [3.8, 4) is 11.5 Å². The van der Waals surface area contributed by atoms with Gasteiger partial charge in [0, 0.05) is 18.5 Å². The molecule has 1 aromatic heterocycles. The Bertz CT molecular complexity index is 951. The first-order valence-corrected chi connectivity index (χ1v) is 9.23. The molecule has 6 heteroatoms. The Balaban J connectivity index is 1.29. The van der Waals surface area contributed by atoms with Gasteiger partial charge in [-0.15, -0.1) is 0 Å². The summed E-state index contributed by atoms with van der Waals surface area (Å²) >= 11 is 0. The molecule has 0 radical (unpaired) electrons. The van der Waals surface area contributed by atoms with E-state index in [1.54, 1.807) is 7.11 Å². The molecule has 1 amide bonds. The van der Waals surface area contributed by atoms with Crippen molar-refractivity contribution < 1.29 is 14.3 Å². The summed E-state index contributed by atoms with van der Waals surface area (Å²) in [7, 11) is 1.63. The molecule has 2 aromatic carbocycles. The van der Waals surface area contributed by atoms with Crippen LogP contribution in [0.4, 0.5) is 0 Å². The number of nitrogens with one attached hydrogen (secondary N) is 1. The highest BCUT2D eigenvalue weighted by Gasteiger charge is 2.27. The van der Waals surface area contributed by atoms with Crippen LogP contribution >= 0.6 is 0 Å². The maximum absolute atomic E-state index is 12.5. The number of methoxy groups -OCH3 is 1. The van der Waals surface area contributed by atoms with Gasteiger partial charge in [-0.05, 0) is 30.5 Å². The summed E-state index contributed by atoms with van der Waals surface area (Å²) in [6.07, 6.45) is 3.37. The van der Waals surface area contributed by atoms with Gasteiger partial charge in [-0.1, -0.05) is 30.3 Å². The number of aromatic nitrogens is 2. The number of hydrogen-bond acceptors (Lipinski definition) is 4. The monoisotopic (exact) mass is 365 g/mol. The molecule has 6 nitrogen and oxygen atoms in total. The van der Waals surface area contributed by atoms with Crippen LogP contribution in [0.5, 0.6) is 11.5 Å². The van der Waals surface area contributed by atoms with Gasteiger partial charge in [0.1, 0.15) is 6.61 Å². The second-order valence-electron chi connectivity index (χ2n) is 6.73. The molecular formula is C21H23N3O3. The maximum Gasteiger partial charge on any atom is 0.226 e. The molecule has 0 fully saturated rings. The molecule has 2 heterocycles. The first-order chi connectivity index (χ1) is 13.3. The summed E-state index contributed by atoms with van der Waals surface area (Å²) in [4.78, 5) is 12.5. The third-order valence-corrected chi connectivity index (χ3v) is 4.94. The number of carbonyl (C=O) groups excluding carboxylic acids is 1. The van der Waals surface area contributed by atoms with E-state index in [9.17, 15) is 4.79 Å². The highest BCUT2D eigenvalue weighted by Crippen LogP contribution is 2.36. The summed E-state index contributed by atoms with van der Waals surface area (Å²) in [6, 6.07) is 13.9. The van der Waals surface area contributed by atoms with Gasteiger partial charge in [0.2, 0.25) is 5.91 Å². The van der Waals surface area contributed by atoms with E-state index in [4.69, 9.17) is 9.47 Å². The minimum atomic E-state index is -0.171. The van der Waals surface area contributed by atoms with Crippen LogP contribution in [-0.4, -0.2) is 35.9 Å². The van der Waals surface area contributed by atoms with Crippen LogP contribution in [0.2, 0.25) is 0 Å². The van der Waals surface area contributed by atoms with E-state index in [0.717, 1.165) is 40.9 Å². The van der Waals surface area contributed by atoms with E-state index in [1.165, 1.54) is 0 Å². The summed E-state index contributed by atoms with van der Waals surface area (Å²) in [6.45, 7) is 1.77. The number of hydrogen-bond donors (Lipinski definition) is 1. The standard InChI is InChI=1S/C21H23N3O3/c1-26-19-9-4-7-15-12-17(14-27-20(15)19)21(25)22-10-5-11-24-18-8-3-2-6-16(18)13-23-24/h2-4,6-9,13,17H,5,10-12,14H2,1H3,(H,22,25)/t17-/m1/s1. The summed E-state index contributed by atoms with van der Waals surface area (Å²) in [5, 5.41) is 8.58. The van der Waals surface area contributed by atoms with Crippen LogP contribution in [0, 0.1) is 5.92 Å². The van der Waals surface area contributed by atoms with Crippen molar-refractivity contribution in [2.75, 3.05) is 20.3 Å². The van der Waals surface area contributed by atoms with Crippen LogP contribution in [0.3, 0.4) is 0 Å². The van der Waals surface area contributed by atoms with Gasteiger partial charge in [0.25, 0.3) is 0 Å². The van der Waals surface area contributed by atoms with Gasteiger partial charge >= 0.3 is 0 Å². The Morgan fingerprint density at radius 1 is 1.30 bits per heavy atom. The molecule has 0 saturated heterocycles. The van der Waals surface area contributed by atoms with E-state index in [2.05, 4.69) is 22.5 Å². The van der Waals surface area contributed by atoms with Gasteiger partial charge in [0.15, 0.2) is 11.5 Å². The zero-order valence-electron chi connectivity index (χ0n) is 15.4. The lowest BCUT2D eigenvalue weighted by Crippen LogP contribution is -2.38. The zero-order chi connectivity index (χ0) is 18.6. The van der Waals surface area contributed by atoms with Crippen molar-refractivity contribution in [2.24, 2.45) is 5.92 Å². The van der Waals surface area contributed by atoms with Gasteiger partial charge in [0.05, 0.1) is 24.7 Å². The topological polar surface area (TPSA) is 65.4 Å². The fraction of sp³-hybridized carbons (Fsp3) is 0.333. The molecule has 0 saturated carbocycles. The SMILES string of the molecule is COc1cccc2c1OC[C@H](C(=O)NCCCn1ncc3ccccc31)C2. The summed E-state index contributed by atoms with van der Waals surface area (Å²) in [5.41, 5.74) is 2.14. The van der Waals surface area contributed by atoms with Gasteiger partial charge < -0.3 is 14.8 Å². The molecule has 1 atom stereocenters. The van der Waals surface area contributed by atoms with Crippen molar-refractivity contribution >= 4 is 16.8 Å². The van der Waals surface area contributed by atoms with Crippen LogP contribution in [-0.2, 0) is 17.8 Å². The molecule has 3 aromatic rings. The number of rotatable bonds is 6. The van der Waals surface area contributed by atoms with Crippen molar-refractivity contribution in [3.05, 3.63) is 54.2 Å². The Morgan fingerprint density at radius 2 is 2.19 bits per heavy atom. The summed E-state index contributed by atoms with van der Waals surface area (Å²) < 4.78 is 13.1. The fourth-order valence-electron chi connectivity index (χ4n) is 3.51. The molecule has 140 valence electrons. The molecule has 0 aliphatic carbocycles.